The Labute approximate surface area is 127 Å². The largest absolute Gasteiger partial charge is 0.474 e. The molecule has 0 amide bonds. The smallest absolute Gasteiger partial charge is 0.222 e. The van der Waals surface area contributed by atoms with Crippen molar-refractivity contribution in [3.05, 3.63) is 36.2 Å². The van der Waals surface area contributed by atoms with Crippen LogP contribution in [0.4, 0.5) is 0 Å². The number of aliphatic hydroxyl groups excluding tert-OH is 1. The van der Waals surface area contributed by atoms with Crippen LogP contribution in [0.2, 0.25) is 0 Å². The van der Waals surface area contributed by atoms with Crippen LogP contribution in [0.25, 0.3) is 0 Å². The van der Waals surface area contributed by atoms with E-state index in [-0.39, 0.29) is 12.2 Å². The second-order valence-electron chi connectivity index (χ2n) is 5.60. The van der Waals surface area contributed by atoms with Gasteiger partial charge < -0.3 is 14.6 Å². The highest BCUT2D eigenvalue weighted by atomic mass is 16.5. The number of aliphatic hydroxyl groups is 1. The van der Waals surface area contributed by atoms with Gasteiger partial charge in [0.05, 0.1) is 11.1 Å². The van der Waals surface area contributed by atoms with E-state index in [0.717, 1.165) is 25.7 Å². The van der Waals surface area contributed by atoms with Gasteiger partial charge in [-0.3, -0.25) is 0 Å². The van der Waals surface area contributed by atoms with E-state index in [1.54, 1.807) is 12.4 Å². The quantitative estimate of drug-likeness (QED) is 0.863. The summed E-state index contributed by atoms with van der Waals surface area (Å²) in [7, 11) is 0. The molecule has 2 heterocycles. The Hall–Kier alpha value is -2.28. The maximum atomic E-state index is 10.7. The van der Waals surface area contributed by atoms with Crippen LogP contribution in [0.1, 0.15) is 42.9 Å². The third-order valence-corrected chi connectivity index (χ3v) is 3.60. The lowest BCUT2D eigenvalue weighted by Gasteiger charge is -2.16. The third-order valence-electron chi connectivity index (χ3n) is 3.60. The molecule has 7 heteroatoms. The van der Waals surface area contributed by atoms with Crippen LogP contribution in [-0.4, -0.2) is 37.3 Å². The Morgan fingerprint density at radius 1 is 0.864 bits per heavy atom. The Kier molecular flexibility index (Phi) is 3.34. The summed E-state index contributed by atoms with van der Waals surface area (Å²) in [5, 5.41) is 10.7. The molecule has 2 aromatic rings. The van der Waals surface area contributed by atoms with Gasteiger partial charge in [0.25, 0.3) is 0 Å². The van der Waals surface area contributed by atoms with E-state index in [0.29, 0.717) is 22.9 Å². The molecule has 0 saturated heterocycles. The summed E-state index contributed by atoms with van der Waals surface area (Å²) in [5.74, 6) is 0.817. The van der Waals surface area contributed by atoms with Crippen LogP contribution in [0.15, 0.2) is 25.0 Å². The molecule has 2 aliphatic carbocycles. The summed E-state index contributed by atoms with van der Waals surface area (Å²) in [6.45, 7) is 0. The lowest BCUT2D eigenvalue weighted by atomic mass is 10.1. The summed E-state index contributed by atoms with van der Waals surface area (Å²) in [6.07, 6.45) is 9.41. The Bertz CT molecular complexity index is 616. The summed E-state index contributed by atoms with van der Waals surface area (Å²) in [4.78, 5) is 16.2. The first-order valence-corrected chi connectivity index (χ1v) is 7.42. The van der Waals surface area contributed by atoms with Gasteiger partial charge in [-0.15, -0.1) is 0 Å². The Balaban J connectivity index is 1.64. The van der Waals surface area contributed by atoms with Gasteiger partial charge in [-0.2, -0.15) is 0 Å². The fourth-order valence-electron chi connectivity index (χ4n) is 2.09. The summed E-state index contributed by atoms with van der Waals surface area (Å²) < 4.78 is 11.5. The van der Waals surface area contributed by atoms with Crippen LogP contribution in [0.5, 0.6) is 11.8 Å². The SMILES string of the molecule is OC(c1cncnc1OC1CC1)c1cncnc1OC1CC1. The van der Waals surface area contributed by atoms with E-state index >= 15 is 0 Å². The summed E-state index contributed by atoms with van der Waals surface area (Å²) in [6, 6.07) is 0. The zero-order valence-electron chi connectivity index (χ0n) is 11.9. The molecule has 4 rings (SSSR count). The minimum absolute atomic E-state index is 0.190. The van der Waals surface area contributed by atoms with Gasteiger partial charge in [0.1, 0.15) is 31.0 Å². The van der Waals surface area contributed by atoms with E-state index in [1.165, 1.54) is 12.7 Å². The van der Waals surface area contributed by atoms with Crippen molar-refractivity contribution in [1.82, 2.24) is 19.9 Å². The molecule has 2 aliphatic rings. The molecule has 2 aromatic heterocycles. The maximum absolute atomic E-state index is 10.7. The fraction of sp³-hybridized carbons (Fsp3) is 0.467. The van der Waals surface area contributed by atoms with Crippen molar-refractivity contribution in [2.45, 2.75) is 44.0 Å². The van der Waals surface area contributed by atoms with Crippen LogP contribution in [0, 0.1) is 0 Å². The van der Waals surface area contributed by atoms with Gasteiger partial charge in [-0.05, 0) is 25.7 Å². The average molecular weight is 300 g/mol. The first-order chi connectivity index (χ1) is 10.8. The number of ether oxygens (including phenoxy) is 2. The third kappa shape index (κ3) is 2.85. The predicted octanol–water partition coefficient (Wildman–Crippen LogP) is 1.43. The normalized spacial score (nSPS) is 17.5. The van der Waals surface area contributed by atoms with Crippen molar-refractivity contribution in [3.63, 3.8) is 0 Å². The second kappa shape index (κ2) is 5.49. The highest BCUT2D eigenvalue weighted by molar-refractivity contribution is 5.37. The van der Waals surface area contributed by atoms with E-state index in [1.807, 2.05) is 0 Å². The average Bonchev–Trinajstić information content (AvgIpc) is 3.44. The van der Waals surface area contributed by atoms with Gasteiger partial charge in [-0.25, -0.2) is 19.9 Å². The highest BCUT2D eigenvalue weighted by Gasteiger charge is 2.30. The molecule has 114 valence electrons. The van der Waals surface area contributed by atoms with Crippen molar-refractivity contribution in [2.75, 3.05) is 0 Å². The number of nitrogens with zero attached hydrogens (tertiary/aromatic N) is 4. The molecule has 0 spiro atoms. The van der Waals surface area contributed by atoms with E-state index in [2.05, 4.69) is 19.9 Å². The standard InChI is InChI=1S/C15H16N4O3/c20-13(11-5-16-7-18-14(11)21-9-1-2-9)12-6-17-8-19-15(12)22-10-3-4-10/h5-10,13,20H,1-4H2. The molecular weight excluding hydrogens is 284 g/mol. The molecule has 1 N–H and O–H groups in total. The zero-order chi connectivity index (χ0) is 14.9. The minimum Gasteiger partial charge on any atom is -0.474 e. The first-order valence-electron chi connectivity index (χ1n) is 7.42. The fourth-order valence-corrected chi connectivity index (χ4v) is 2.09. The first kappa shape index (κ1) is 13.4. The number of aromatic nitrogens is 4. The molecule has 7 nitrogen and oxygen atoms in total. The summed E-state index contributed by atoms with van der Waals surface area (Å²) >= 11 is 0. The molecule has 0 atom stereocenters. The van der Waals surface area contributed by atoms with Gasteiger partial charge >= 0.3 is 0 Å². The van der Waals surface area contributed by atoms with Gasteiger partial charge in [0, 0.05) is 12.4 Å². The molecule has 2 fully saturated rings. The molecule has 0 aliphatic heterocycles. The van der Waals surface area contributed by atoms with Gasteiger partial charge in [-0.1, -0.05) is 0 Å². The molecule has 2 saturated carbocycles. The Morgan fingerprint density at radius 2 is 1.32 bits per heavy atom. The van der Waals surface area contributed by atoms with E-state index in [9.17, 15) is 5.11 Å². The Morgan fingerprint density at radius 3 is 1.73 bits per heavy atom. The van der Waals surface area contributed by atoms with Crippen LogP contribution in [0.3, 0.4) is 0 Å². The van der Waals surface area contributed by atoms with Crippen molar-refractivity contribution in [1.29, 1.82) is 0 Å². The summed E-state index contributed by atoms with van der Waals surface area (Å²) in [5.41, 5.74) is 1.01. The van der Waals surface area contributed by atoms with Crippen LogP contribution < -0.4 is 9.47 Å². The lowest BCUT2D eigenvalue weighted by Crippen LogP contribution is -2.11. The van der Waals surface area contributed by atoms with Gasteiger partial charge in [0.15, 0.2) is 0 Å². The van der Waals surface area contributed by atoms with Crippen LogP contribution in [-0.2, 0) is 0 Å². The van der Waals surface area contributed by atoms with Crippen molar-refractivity contribution in [2.24, 2.45) is 0 Å². The van der Waals surface area contributed by atoms with Crippen molar-refractivity contribution in [3.8, 4) is 11.8 Å². The highest BCUT2D eigenvalue weighted by Crippen LogP contribution is 2.36. The number of hydrogen-bond donors (Lipinski definition) is 1. The topological polar surface area (TPSA) is 90.3 Å². The lowest BCUT2D eigenvalue weighted by molar-refractivity contribution is 0.194. The van der Waals surface area contributed by atoms with E-state index < -0.39 is 6.10 Å². The molecule has 22 heavy (non-hydrogen) atoms. The molecule has 0 bridgehead atoms. The van der Waals surface area contributed by atoms with Gasteiger partial charge in [0.2, 0.25) is 11.8 Å². The molecule has 0 unspecified atom stereocenters. The second-order valence-corrected chi connectivity index (χ2v) is 5.60. The number of rotatable bonds is 6. The van der Waals surface area contributed by atoms with Crippen molar-refractivity contribution < 1.29 is 14.6 Å². The number of hydrogen-bond acceptors (Lipinski definition) is 7. The predicted molar refractivity (Wildman–Crippen MR) is 75.4 cm³/mol. The molecular formula is C15H16N4O3. The van der Waals surface area contributed by atoms with Crippen LogP contribution >= 0.6 is 0 Å². The van der Waals surface area contributed by atoms with E-state index in [4.69, 9.17) is 9.47 Å². The monoisotopic (exact) mass is 300 g/mol. The van der Waals surface area contributed by atoms with Crippen molar-refractivity contribution >= 4 is 0 Å². The maximum Gasteiger partial charge on any atom is 0.222 e. The molecule has 0 aromatic carbocycles. The molecule has 0 radical (unpaired) electrons. The zero-order valence-corrected chi connectivity index (χ0v) is 11.9. The minimum atomic E-state index is -0.982.